The zero-order chi connectivity index (χ0) is 56.5. The summed E-state index contributed by atoms with van der Waals surface area (Å²) in [6, 6.07) is 68.8. The summed E-state index contributed by atoms with van der Waals surface area (Å²) >= 11 is 0. The van der Waals surface area contributed by atoms with E-state index < -0.39 is 97.7 Å². The standard InChI is InChI=1S/C69H76O13/c1-47-59(72-41-52-28-14-6-15-29-52)63(75-44-55-34-20-9-21-35-55)58(46-71-40-51-26-12-5-13-27-51)79-68(47)82-65-61(74-43-54-32-18-8-19-33-54)49(3)78-69(66(65)80-67(70)57-38-24-11-25-39-57)81-62-50(4)77-48(2)60(73-42-53-30-16-7-17-31-53)64(62)76-45-56-36-22-10-23-37-56/h5-39,47-50,58-66,68-69H,40-46H2,1-4H3/t47?,48?,49?,50-,58-,59?,60-,61-,62?,63+,64-,65-,66?,68+,69-/m0/s1. The lowest BCUT2D eigenvalue weighted by Gasteiger charge is -2.51. The molecule has 10 rings (SSSR count). The van der Waals surface area contributed by atoms with Gasteiger partial charge in [-0.15, -0.1) is 0 Å². The van der Waals surface area contributed by atoms with Crippen LogP contribution in [0.4, 0.5) is 0 Å². The van der Waals surface area contributed by atoms with E-state index in [1.807, 2.05) is 216 Å². The van der Waals surface area contributed by atoms with Gasteiger partial charge in [0.1, 0.15) is 42.7 Å². The highest BCUT2D eigenvalue weighted by Crippen LogP contribution is 2.39. The van der Waals surface area contributed by atoms with Gasteiger partial charge in [0.05, 0.1) is 76.2 Å². The molecule has 0 radical (unpaired) electrons. The molecular formula is C69H76O13. The van der Waals surface area contributed by atoms with E-state index in [0.717, 1.165) is 33.4 Å². The Bertz CT molecular complexity index is 2930. The van der Waals surface area contributed by atoms with Crippen LogP contribution in [0.2, 0.25) is 0 Å². The van der Waals surface area contributed by atoms with Gasteiger partial charge in [-0.25, -0.2) is 4.79 Å². The van der Waals surface area contributed by atoms with Crippen molar-refractivity contribution in [1.29, 1.82) is 0 Å². The maximum Gasteiger partial charge on any atom is 0.338 e. The van der Waals surface area contributed by atoms with Crippen molar-refractivity contribution in [2.75, 3.05) is 6.61 Å². The number of carbonyl (C=O) groups is 1. The molecule has 0 aliphatic carbocycles. The van der Waals surface area contributed by atoms with Gasteiger partial charge in [0, 0.05) is 5.92 Å². The first-order valence-electron chi connectivity index (χ1n) is 28.7. The summed E-state index contributed by atoms with van der Waals surface area (Å²) < 4.78 is 83.5. The fourth-order valence-corrected chi connectivity index (χ4v) is 11.0. The van der Waals surface area contributed by atoms with Gasteiger partial charge in [-0.05, 0) is 66.3 Å². The molecule has 3 aliphatic rings. The van der Waals surface area contributed by atoms with Gasteiger partial charge < -0.3 is 56.8 Å². The molecule has 7 aromatic carbocycles. The maximum atomic E-state index is 14.7. The highest BCUT2D eigenvalue weighted by molar-refractivity contribution is 5.89. The predicted molar refractivity (Wildman–Crippen MR) is 309 cm³/mol. The Hall–Kier alpha value is -6.43. The molecule has 0 aromatic heterocycles. The normalized spacial score (nSPS) is 28.3. The van der Waals surface area contributed by atoms with Crippen LogP contribution in [0.25, 0.3) is 0 Å². The molecule has 3 saturated heterocycles. The Balaban J connectivity index is 1.02. The van der Waals surface area contributed by atoms with Crippen LogP contribution in [0.1, 0.15) is 71.4 Å². The molecule has 7 aromatic rings. The first-order chi connectivity index (χ1) is 40.2. The van der Waals surface area contributed by atoms with Crippen LogP contribution >= 0.6 is 0 Å². The summed E-state index contributed by atoms with van der Waals surface area (Å²) in [5.74, 6) is -1.10. The summed E-state index contributed by atoms with van der Waals surface area (Å²) in [6.07, 6.45) is -11.1. The lowest BCUT2D eigenvalue weighted by atomic mass is 9.91. The second kappa shape index (κ2) is 29.7. The largest absolute Gasteiger partial charge is 0.450 e. The topological polar surface area (TPSA) is 128 Å². The quantitative estimate of drug-likeness (QED) is 0.0504. The first kappa shape index (κ1) is 58.8. The van der Waals surface area contributed by atoms with Gasteiger partial charge in [0.15, 0.2) is 18.7 Å². The number of rotatable bonds is 25. The Kier molecular flexibility index (Phi) is 21.3. The number of ether oxygens (including phenoxy) is 12. The van der Waals surface area contributed by atoms with Crippen molar-refractivity contribution < 1.29 is 61.6 Å². The summed E-state index contributed by atoms with van der Waals surface area (Å²) in [7, 11) is 0. The fourth-order valence-electron chi connectivity index (χ4n) is 11.0. The van der Waals surface area contributed by atoms with Gasteiger partial charge in [0.2, 0.25) is 0 Å². The molecule has 430 valence electrons. The van der Waals surface area contributed by atoms with Crippen LogP contribution in [0, 0.1) is 5.92 Å². The van der Waals surface area contributed by atoms with Gasteiger partial charge in [-0.3, -0.25) is 0 Å². The summed E-state index contributed by atoms with van der Waals surface area (Å²) in [5.41, 5.74) is 6.23. The van der Waals surface area contributed by atoms with Crippen molar-refractivity contribution in [3.8, 4) is 0 Å². The molecule has 3 aliphatic heterocycles. The molecule has 13 nitrogen and oxygen atoms in total. The lowest BCUT2D eigenvalue weighted by molar-refractivity contribution is -0.373. The molecule has 3 fully saturated rings. The fraction of sp³-hybridized carbons (Fsp3) is 0.377. The SMILES string of the molecule is CC1C(OCc2ccccc2)[C@H](OCc2ccccc2)[C@H](COCc2ccccc2)O[C@@H]1O[C@@H]1C(OC(=O)c2ccccc2)[C@H](OC2[C@H](C)OC(C)[C@H](OCc3ccccc3)[C@@H]2OCc2ccccc2)OC(C)[C@@H]1OCc1ccccc1. The van der Waals surface area contributed by atoms with E-state index in [2.05, 4.69) is 0 Å². The highest BCUT2D eigenvalue weighted by Gasteiger charge is 2.56. The third kappa shape index (κ3) is 15.8. The first-order valence-corrected chi connectivity index (χ1v) is 28.7. The van der Waals surface area contributed by atoms with E-state index >= 15 is 0 Å². The van der Waals surface area contributed by atoms with E-state index in [1.54, 1.807) is 24.3 Å². The minimum absolute atomic E-state index is 0.137. The summed E-state index contributed by atoms with van der Waals surface area (Å²) in [5, 5.41) is 0. The number of benzene rings is 7. The summed E-state index contributed by atoms with van der Waals surface area (Å²) in [4.78, 5) is 14.7. The van der Waals surface area contributed by atoms with Crippen LogP contribution in [0.3, 0.4) is 0 Å². The van der Waals surface area contributed by atoms with E-state index in [1.165, 1.54) is 0 Å². The Morgan fingerprint density at radius 3 is 1.16 bits per heavy atom. The van der Waals surface area contributed by atoms with Crippen molar-refractivity contribution in [1.82, 2.24) is 0 Å². The van der Waals surface area contributed by atoms with Gasteiger partial charge in [0.25, 0.3) is 0 Å². The molecule has 6 unspecified atom stereocenters. The number of esters is 1. The van der Waals surface area contributed by atoms with Crippen molar-refractivity contribution in [3.63, 3.8) is 0 Å². The van der Waals surface area contributed by atoms with Crippen molar-refractivity contribution in [2.24, 2.45) is 5.92 Å². The Labute approximate surface area is 482 Å². The molecule has 13 heteroatoms. The number of hydrogen-bond acceptors (Lipinski definition) is 13. The monoisotopic (exact) mass is 1110 g/mol. The molecule has 0 amide bonds. The average molecular weight is 1110 g/mol. The van der Waals surface area contributed by atoms with Crippen LogP contribution < -0.4 is 0 Å². The van der Waals surface area contributed by atoms with E-state index in [4.69, 9.17) is 56.8 Å². The molecule has 15 atom stereocenters. The molecule has 82 heavy (non-hydrogen) atoms. The van der Waals surface area contributed by atoms with E-state index in [-0.39, 0.29) is 19.8 Å². The smallest absolute Gasteiger partial charge is 0.338 e. The zero-order valence-corrected chi connectivity index (χ0v) is 47.1. The third-order valence-electron chi connectivity index (χ3n) is 15.3. The summed E-state index contributed by atoms with van der Waals surface area (Å²) in [6.45, 7) is 9.73. The molecule has 0 spiro atoms. The van der Waals surface area contributed by atoms with Crippen molar-refractivity contribution >= 4 is 5.97 Å². The minimum atomic E-state index is -1.27. The molecular weight excluding hydrogens is 1040 g/mol. The second-order valence-electron chi connectivity index (χ2n) is 21.4. The minimum Gasteiger partial charge on any atom is -0.450 e. The van der Waals surface area contributed by atoms with Crippen LogP contribution in [0.15, 0.2) is 212 Å². The van der Waals surface area contributed by atoms with Crippen LogP contribution in [0.5, 0.6) is 0 Å². The zero-order valence-electron chi connectivity index (χ0n) is 47.1. The van der Waals surface area contributed by atoms with Gasteiger partial charge >= 0.3 is 5.97 Å². The van der Waals surface area contributed by atoms with Crippen LogP contribution in [-0.2, 0) is 96.5 Å². The third-order valence-corrected chi connectivity index (χ3v) is 15.3. The molecule has 0 saturated carbocycles. The van der Waals surface area contributed by atoms with E-state index in [9.17, 15) is 4.79 Å². The maximum absolute atomic E-state index is 14.7. The van der Waals surface area contributed by atoms with E-state index in [0.29, 0.717) is 32.0 Å². The Morgan fingerprint density at radius 2 is 0.695 bits per heavy atom. The predicted octanol–water partition coefficient (Wildman–Crippen LogP) is 12.0. The van der Waals surface area contributed by atoms with Gasteiger partial charge in [-0.2, -0.15) is 0 Å². The van der Waals surface area contributed by atoms with Crippen LogP contribution in [-0.4, -0.2) is 98.4 Å². The molecule has 0 bridgehead atoms. The molecule has 3 heterocycles. The van der Waals surface area contributed by atoms with Gasteiger partial charge in [-0.1, -0.05) is 207 Å². The van der Waals surface area contributed by atoms with Crippen molar-refractivity contribution in [2.45, 2.75) is 153 Å². The Morgan fingerprint density at radius 1 is 0.341 bits per heavy atom. The molecule has 0 N–H and O–H groups in total. The lowest BCUT2D eigenvalue weighted by Crippen LogP contribution is -2.66. The van der Waals surface area contributed by atoms with Crippen molar-refractivity contribution in [3.05, 3.63) is 251 Å². The average Bonchev–Trinajstić information content (AvgIpc) is 3.71. The second-order valence-corrected chi connectivity index (χ2v) is 21.4. The highest BCUT2D eigenvalue weighted by atomic mass is 16.8. The number of carbonyl (C=O) groups excluding carboxylic acids is 1. The number of hydrogen-bond donors (Lipinski definition) is 0.